The number of carboxylic acids is 1. The molecule has 0 radical (unpaired) electrons. The number of halogens is 1. The normalized spacial score (nSPS) is 22.2. The van der Waals surface area contributed by atoms with Crippen molar-refractivity contribution in [3.63, 3.8) is 0 Å². The van der Waals surface area contributed by atoms with Gasteiger partial charge in [0.1, 0.15) is 18.2 Å². The third-order valence-electron chi connectivity index (χ3n) is 7.12. The van der Waals surface area contributed by atoms with E-state index in [1.165, 1.54) is 4.90 Å². The predicted octanol–water partition coefficient (Wildman–Crippen LogP) is 5.06. The molecular weight excluding hydrogens is 480 g/mol. The standard InChI is InChI=1S/C28H23ClN2O5/c29-18-7-5-6-17(12-18)24-13-28(36-30-24)14-25(26(32)33)31(16-28)27(34)35-15-23-21-10-3-1-8-19(21)20-9-2-4-11-22(20)23/h1-13,23,25,30H,14-16H2,(H,32,33)/t25-,28+/m0/s1. The number of hydrogen-bond acceptors (Lipinski definition) is 5. The molecule has 3 aromatic rings. The van der Waals surface area contributed by atoms with Gasteiger partial charge < -0.3 is 9.84 Å². The zero-order valence-corrected chi connectivity index (χ0v) is 19.9. The molecule has 1 amide bonds. The zero-order valence-electron chi connectivity index (χ0n) is 19.2. The van der Waals surface area contributed by atoms with Crippen LogP contribution in [0.4, 0.5) is 4.79 Å². The number of likely N-dealkylation sites (tertiary alicyclic amines) is 1. The number of nitrogens with one attached hydrogen (secondary N) is 1. The fourth-order valence-corrected chi connectivity index (χ4v) is 5.64. The highest BCUT2D eigenvalue weighted by Gasteiger charge is 2.52. The molecule has 3 aliphatic rings. The summed E-state index contributed by atoms with van der Waals surface area (Å²) in [4.78, 5) is 32.4. The van der Waals surface area contributed by atoms with Crippen LogP contribution in [-0.4, -0.2) is 46.9 Å². The summed E-state index contributed by atoms with van der Waals surface area (Å²) < 4.78 is 5.74. The lowest BCUT2D eigenvalue weighted by molar-refractivity contribution is -0.141. The maximum absolute atomic E-state index is 13.2. The zero-order chi connectivity index (χ0) is 24.9. The Morgan fingerprint density at radius 1 is 1.06 bits per heavy atom. The summed E-state index contributed by atoms with van der Waals surface area (Å²) in [5, 5.41) is 10.4. The van der Waals surface area contributed by atoms with Crippen molar-refractivity contribution >= 4 is 29.4 Å². The van der Waals surface area contributed by atoms with Gasteiger partial charge in [-0.1, -0.05) is 72.3 Å². The van der Waals surface area contributed by atoms with Crippen LogP contribution in [0.3, 0.4) is 0 Å². The molecule has 2 heterocycles. The minimum atomic E-state index is -1.10. The van der Waals surface area contributed by atoms with E-state index in [-0.39, 0.29) is 25.5 Å². The van der Waals surface area contributed by atoms with Gasteiger partial charge in [0, 0.05) is 22.9 Å². The Bertz CT molecular complexity index is 1360. The summed E-state index contributed by atoms with van der Waals surface area (Å²) in [7, 11) is 0. The van der Waals surface area contributed by atoms with Crippen molar-refractivity contribution < 1.29 is 24.3 Å². The number of hydroxylamine groups is 1. The first-order valence-corrected chi connectivity index (χ1v) is 12.1. The summed E-state index contributed by atoms with van der Waals surface area (Å²) in [5.74, 6) is -1.21. The molecule has 2 atom stereocenters. The number of benzene rings is 3. The van der Waals surface area contributed by atoms with Gasteiger partial charge >= 0.3 is 12.1 Å². The van der Waals surface area contributed by atoms with Crippen molar-refractivity contribution in [1.29, 1.82) is 0 Å². The topological polar surface area (TPSA) is 88.1 Å². The number of fused-ring (bicyclic) bond motifs is 3. The lowest BCUT2D eigenvalue weighted by Crippen LogP contribution is -2.42. The van der Waals surface area contributed by atoms with E-state index in [4.69, 9.17) is 21.2 Å². The number of ether oxygens (including phenoxy) is 1. The Balaban J connectivity index is 1.21. The number of carboxylic acid groups (broad SMARTS) is 1. The maximum atomic E-state index is 13.2. The average Bonchev–Trinajstić information content (AvgIpc) is 3.57. The number of carbonyl (C=O) groups excluding carboxylic acids is 1. The number of amides is 1. The summed E-state index contributed by atoms with van der Waals surface area (Å²) in [6, 6.07) is 22.3. The first-order chi connectivity index (χ1) is 17.4. The first-order valence-electron chi connectivity index (χ1n) is 11.7. The van der Waals surface area contributed by atoms with E-state index in [2.05, 4.69) is 17.6 Å². The van der Waals surface area contributed by atoms with Crippen molar-refractivity contribution in [3.05, 3.63) is 101 Å². The van der Waals surface area contributed by atoms with Crippen molar-refractivity contribution in [2.75, 3.05) is 13.2 Å². The Kier molecular flexibility index (Phi) is 5.47. The highest BCUT2D eigenvalue weighted by molar-refractivity contribution is 6.30. The first kappa shape index (κ1) is 22.6. The second-order valence-electron chi connectivity index (χ2n) is 9.33. The third kappa shape index (κ3) is 3.81. The molecule has 1 spiro atoms. The van der Waals surface area contributed by atoms with Crippen LogP contribution in [0.25, 0.3) is 16.8 Å². The molecule has 0 unspecified atom stereocenters. The van der Waals surface area contributed by atoms with E-state index in [0.717, 1.165) is 27.8 Å². The van der Waals surface area contributed by atoms with Gasteiger partial charge in [0.2, 0.25) is 0 Å². The van der Waals surface area contributed by atoms with E-state index >= 15 is 0 Å². The quantitative estimate of drug-likeness (QED) is 0.518. The molecule has 6 rings (SSSR count). The fourth-order valence-electron chi connectivity index (χ4n) is 5.45. The predicted molar refractivity (Wildman–Crippen MR) is 134 cm³/mol. The van der Waals surface area contributed by atoms with Crippen LogP contribution >= 0.6 is 11.6 Å². The molecule has 36 heavy (non-hydrogen) atoms. The molecule has 7 nitrogen and oxygen atoms in total. The molecule has 2 aliphatic heterocycles. The second-order valence-corrected chi connectivity index (χ2v) is 9.76. The lowest BCUT2D eigenvalue weighted by atomic mass is 9.98. The van der Waals surface area contributed by atoms with Crippen LogP contribution in [0.5, 0.6) is 0 Å². The Morgan fingerprint density at radius 3 is 2.42 bits per heavy atom. The summed E-state index contributed by atoms with van der Waals surface area (Å²) in [5.41, 5.74) is 7.83. The van der Waals surface area contributed by atoms with E-state index in [0.29, 0.717) is 10.7 Å². The number of aliphatic carboxylic acids is 1. The summed E-state index contributed by atoms with van der Waals surface area (Å²) >= 11 is 6.11. The average molecular weight is 503 g/mol. The van der Waals surface area contributed by atoms with Gasteiger partial charge in [-0.15, -0.1) is 0 Å². The molecule has 3 aromatic carbocycles. The number of nitrogens with zero attached hydrogens (tertiary/aromatic N) is 1. The van der Waals surface area contributed by atoms with Crippen molar-refractivity contribution in [2.24, 2.45) is 0 Å². The molecule has 8 heteroatoms. The minimum Gasteiger partial charge on any atom is -0.480 e. The smallest absolute Gasteiger partial charge is 0.410 e. The monoisotopic (exact) mass is 502 g/mol. The van der Waals surface area contributed by atoms with E-state index in [9.17, 15) is 14.7 Å². The molecule has 1 aliphatic carbocycles. The van der Waals surface area contributed by atoms with Crippen LogP contribution in [0.1, 0.15) is 29.0 Å². The van der Waals surface area contributed by atoms with Crippen LogP contribution in [0.15, 0.2) is 78.9 Å². The van der Waals surface area contributed by atoms with Gasteiger partial charge in [-0.3, -0.25) is 15.2 Å². The van der Waals surface area contributed by atoms with E-state index in [1.54, 1.807) is 12.1 Å². The third-order valence-corrected chi connectivity index (χ3v) is 7.35. The van der Waals surface area contributed by atoms with Crippen molar-refractivity contribution in [1.82, 2.24) is 10.4 Å². The van der Waals surface area contributed by atoms with Gasteiger partial charge in [0.05, 0.1) is 12.2 Å². The van der Waals surface area contributed by atoms with Crippen molar-refractivity contribution in [2.45, 2.75) is 24.0 Å². The molecule has 0 aromatic heterocycles. The van der Waals surface area contributed by atoms with Gasteiger partial charge in [0.25, 0.3) is 0 Å². The molecule has 182 valence electrons. The van der Waals surface area contributed by atoms with Gasteiger partial charge in [-0.25, -0.2) is 9.59 Å². The minimum absolute atomic E-state index is 0.0533. The Labute approximate surface area is 212 Å². The van der Waals surface area contributed by atoms with Crippen LogP contribution in [0.2, 0.25) is 5.02 Å². The summed E-state index contributed by atoms with van der Waals surface area (Å²) in [6.45, 7) is 0.170. The van der Waals surface area contributed by atoms with Gasteiger partial charge in [0.15, 0.2) is 0 Å². The largest absolute Gasteiger partial charge is 0.480 e. The van der Waals surface area contributed by atoms with Gasteiger partial charge in [-0.05, 0) is 40.5 Å². The number of carbonyl (C=O) groups is 2. The summed E-state index contributed by atoms with van der Waals surface area (Å²) in [6.07, 6.45) is 1.25. The molecular formula is C28H23ClN2O5. The Hall–Kier alpha value is -3.81. The van der Waals surface area contributed by atoms with Crippen LogP contribution < -0.4 is 5.48 Å². The molecule has 2 N–H and O–H groups in total. The number of hydrogen-bond donors (Lipinski definition) is 2. The van der Waals surface area contributed by atoms with E-state index in [1.807, 2.05) is 54.6 Å². The highest BCUT2D eigenvalue weighted by Crippen LogP contribution is 2.45. The van der Waals surface area contributed by atoms with E-state index < -0.39 is 23.7 Å². The maximum Gasteiger partial charge on any atom is 0.410 e. The Morgan fingerprint density at radius 2 is 1.75 bits per heavy atom. The second kappa shape index (κ2) is 8.69. The number of rotatable bonds is 4. The molecule has 0 saturated carbocycles. The SMILES string of the molecule is O=C(O)[C@@H]1C[C@]2(C=C(c3cccc(Cl)c3)NO2)CN1C(=O)OCC1c2ccccc2-c2ccccc21. The molecule has 0 bridgehead atoms. The lowest BCUT2D eigenvalue weighted by Gasteiger charge is -2.23. The molecule has 1 saturated heterocycles. The molecule has 1 fully saturated rings. The van der Waals surface area contributed by atoms with Crippen molar-refractivity contribution in [3.8, 4) is 11.1 Å². The van der Waals surface area contributed by atoms with Gasteiger partial charge in [-0.2, -0.15) is 0 Å². The fraction of sp³-hybridized carbons (Fsp3) is 0.214. The van der Waals surface area contributed by atoms with Crippen LogP contribution in [-0.2, 0) is 14.4 Å². The van der Waals surface area contributed by atoms with Crippen LogP contribution in [0, 0.1) is 0 Å². The highest BCUT2D eigenvalue weighted by atomic mass is 35.5.